The molecule has 1 aromatic carbocycles. The predicted octanol–water partition coefficient (Wildman–Crippen LogP) is 3.44. The summed E-state index contributed by atoms with van der Waals surface area (Å²) in [5.41, 5.74) is 2.11. The lowest BCUT2D eigenvalue weighted by Crippen LogP contribution is -2.15. The van der Waals surface area contributed by atoms with Gasteiger partial charge in [-0.2, -0.15) is 0 Å². The number of benzene rings is 1. The number of imidazole rings is 1. The van der Waals surface area contributed by atoms with Gasteiger partial charge in [0.2, 0.25) is 0 Å². The third kappa shape index (κ3) is 3.41. The molecule has 20 heavy (non-hydrogen) atoms. The number of aromatic nitrogens is 2. The number of H-pyrrole nitrogens is 1. The van der Waals surface area contributed by atoms with E-state index >= 15 is 0 Å². The first-order valence-electron chi connectivity index (χ1n) is 7.02. The van der Waals surface area contributed by atoms with Gasteiger partial charge in [0.1, 0.15) is 11.3 Å². The van der Waals surface area contributed by atoms with Crippen molar-refractivity contribution in [2.24, 2.45) is 0 Å². The summed E-state index contributed by atoms with van der Waals surface area (Å²) in [4.78, 5) is 5.46. The second kappa shape index (κ2) is 6.41. The van der Waals surface area contributed by atoms with Gasteiger partial charge in [-0.25, -0.2) is 0 Å². The van der Waals surface area contributed by atoms with Crippen LogP contribution in [0.2, 0.25) is 0 Å². The molecule has 1 N–H and O–H groups in total. The monoisotopic (exact) mass is 293 g/mol. The Kier molecular flexibility index (Phi) is 4.83. The number of aromatic amines is 1. The lowest BCUT2D eigenvalue weighted by Gasteiger charge is -2.11. The minimum absolute atomic E-state index is 0.152. The van der Waals surface area contributed by atoms with Crippen LogP contribution in [-0.4, -0.2) is 41.2 Å². The average Bonchev–Trinajstić information content (AvgIpc) is 2.66. The molecule has 0 aliphatic carbocycles. The average molecular weight is 293 g/mol. The standard InChI is InChI=1S/C15H23N3OS/c1-11(2)19-13-8-5-7-12-14(13)16-15(20)18(12)10-6-9-17(3)4/h5,7-8,11H,6,9-10H2,1-4H3,(H,16,20). The van der Waals surface area contributed by atoms with Gasteiger partial charge in [-0.05, 0) is 65.3 Å². The molecular formula is C15H23N3OS. The van der Waals surface area contributed by atoms with E-state index in [9.17, 15) is 0 Å². The van der Waals surface area contributed by atoms with Crippen molar-refractivity contribution < 1.29 is 4.74 Å². The van der Waals surface area contributed by atoms with Crippen molar-refractivity contribution in [1.29, 1.82) is 0 Å². The fourth-order valence-electron chi connectivity index (χ4n) is 2.27. The Hall–Kier alpha value is -1.33. The number of rotatable bonds is 6. The summed E-state index contributed by atoms with van der Waals surface area (Å²) in [6.07, 6.45) is 1.23. The first-order valence-corrected chi connectivity index (χ1v) is 7.43. The molecular weight excluding hydrogens is 270 g/mol. The number of nitrogens with one attached hydrogen (secondary N) is 1. The third-order valence-corrected chi connectivity index (χ3v) is 3.44. The second-order valence-corrected chi connectivity index (χ2v) is 5.94. The van der Waals surface area contributed by atoms with Crippen molar-refractivity contribution in [3.8, 4) is 5.75 Å². The maximum absolute atomic E-state index is 5.84. The highest BCUT2D eigenvalue weighted by atomic mass is 32.1. The molecule has 0 unspecified atom stereocenters. The summed E-state index contributed by atoms with van der Waals surface area (Å²) in [5, 5.41) is 0. The van der Waals surface area contributed by atoms with E-state index in [1.165, 1.54) is 0 Å². The Labute approximate surface area is 125 Å². The molecule has 1 heterocycles. The molecule has 2 rings (SSSR count). The molecule has 0 atom stereocenters. The molecule has 0 amide bonds. The largest absolute Gasteiger partial charge is 0.489 e. The summed E-state index contributed by atoms with van der Waals surface area (Å²) in [6.45, 7) is 6.03. The highest BCUT2D eigenvalue weighted by molar-refractivity contribution is 7.71. The summed E-state index contributed by atoms with van der Waals surface area (Å²) in [7, 11) is 4.17. The first-order chi connectivity index (χ1) is 9.49. The van der Waals surface area contributed by atoms with Crippen LogP contribution < -0.4 is 4.74 Å². The van der Waals surface area contributed by atoms with Crippen molar-refractivity contribution in [3.05, 3.63) is 23.0 Å². The highest BCUT2D eigenvalue weighted by Gasteiger charge is 2.10. The third-order valence-electron chi connectivity index (χ3n) is 3.12. The normalized spacial score (nSPS) is 11.7. The summed E-state index contributed by atoms with van der Waals surface area (Å²) in [6, 6.07) is 6.09. The molecule has 0 saturated heterocycles. The van der Waals surface area contributed by atoms with Gasteiger partial charge in [0, 0.05) is 6.54 Å². The Morgan fingerprint density at radius 2 is 2.10 bits per heavy atom. The van der Waals surface area contributed by atoms with Crippen LogP contribution in [0.4, 0.5) is 0 Å². The van der Waals surface area contributed by atoms with Gasteiger partial charge in [-0.3, -0.25) is 0 Å². The summed E-state index contributed by atoms with van der Waals surface area (Å²) < 4.78 is 8.76. The Bertz CT molecular complexity index is 628. The van der Waals surface area contributed by atoms with Crippen molar-refractivity contribution >= 4 is 23.3 Å². The van der Waals surface area contributed by atoms with Crippen molar-refractivity contribution in [2.45, 2.75) is 32.9 Å². The molecule has 0 saturated carbocycles. The van der Waals surface area contributed by atoms with Gasteiger partial charge in [0.05, 0.1) is 11.6 Å². The number of para-hydroxylation sites is 1. The van der Waals surface area contributed by atoms with E-state index in [0.29, 0.717) is 0 Å². The first kappa shape index (κ1) is 15.1. The fourth-order valence-corrected chi connectivity index (χ4v) is 2.56. The van der Waals surface area contributed by atoms with Crippen molar-refractivity contribution in [2.75, 3.05) is 20.6 Å². The number of hydrogen-bond donors (Lipinski definition) is 1. The van der Waals surface area contributed by atoms with E-state index in [1.807, 2.05) is 26.0 Å². The van der Waals surface area contributed by atoms with Crippen LogP contribution >= 0.6 is 12.2 Å². The van der Waals surface area contributed by atoms with Gasteiger partial charge in [0.25, 0.3) is 0 Å². The maximum Gasteiger partial charge on any atom is 0.178 e. The Balaban J connectivity index is 2.32. The highest BCUT2D eigenvalue weighted by Crippen LogP contribution is 2.26. The van der Waals surface area contributed by atoms with E-state index in [0.717, 1.165) is 41.1 Å². The van der Waals surface area contributed by atoms with E-state index in [4.69, 9.17) is 17.0 Å². The van der Waals surface area contributed by atoms with Gasteiger partial charge in [0.15, 0.2) is 4.77 Å². The Morgan fingerprint density at radius 3 is 2.75 bits per heavy atom. The van der Waals surface area contributed by atoms with Crippen LogP contribution in [0.1, 0.15) is 20.3 Å². The second-order valence-electron chi connectivity index (χ2n) is 5.56. The molecule has 0 aliphatic heterocycles. The van der Waals surface area contributed by atoms with Crippen molar-refractivity contribution in [3.63, 3.8) is 0 Å². The van der Waals surface area contributed by atoms with Crippen LogP contribution in [0.5, 0.6) is 5.75 Å². The zero-order valence-corrected chi connectivity index (χ0v) is 13.5. The number of aryl methyl sites for hydroxylation is 1. The molecule has 2 aromatic rings. The van der Waals surface area contributed by atoms with E-state index in [-0.39, 0.29) is 6.10 Å². The maximum atomic E-state index is 5.84. The lowest BCUT2D eigenvalue weighted by molar-refractivity contribution is 0.245. The van der Waals surface area contributed by atoms with Gasteiger partial charge < -0.3 is 19.2 Å². The molecule has 0 radical (unpaired) electrons. The number of nitrogens with zero attached hydrogens (tertiary/aromatic N) is 2. The smallest absolute Gasteiger partial charge is 0.178 e. The topological polar surface area (TPSA) is 33.2 Å². The molecule has 0 bridgehead atoms. The Morgan fingerprint density at radius 1 is 1.35 bits per heavy atom. The molecule has 5 heteroatoms. The molecule has 0 fully saturated rings. The lowest BCUT2D eigenvalue weighted by atomic mass is 10.3. The summed E-state index contributed by atoms with van der Waals surface area (Å²) >= 11 is 5.44. The molecule has 0 spiro atoms. The van der Waals surface area contributed by atoms with Gasteiger partial charge in [-0.15, -0.1) is 0 Å². The van der Waals surface area contributed by atoms with Gasteiger partial charge >= 0.3 is 0 Å². The van der Waals surface area contributed by atoms with Gasteiger partial charge in [-0.1, -0.05) is 6.07 Å². The molecule has 4 nitrogen and oxygen atoms in total. The van der Waals surface area contributed by atoms with Crippen LogP contribution in [0.15, 0.2) is 18.2 Å². The number of hydrogen-bond acceptors (Lipinski definition) is 3. The summed E-state index contributed by atoms with van der Waals surface area (Å²) in [5.74, 6) is 0.870. The quantitative estimate of drug-likeness (QED) is 0.828. The van der Waals surface area contributed by atoms with Crippen LogP contribution in [0, 0.1) is 4.77 Å². The number of ether oxygens (including phenoxy) is 1. The van der Waals surface area contributed by atoms with E-state index in [1.54, 1.807) is 0 Å². The zero-order chi connectivity index (χ0) is 14.7. The molecule has 110 valence electrons. The fraction of sp³-hybridized carbons (Fsp3) is 0.533. The van der Waals surface area contributed by atoms with Crippen LogP contribution in [0.25, 0.3) is 11.0 Å². The minimum atomic E-state index is 0.152. The predicted molar refractivity (Wildman–Crippen MR) is 86.1 cm³/mol. The van der Waals surface area contributed by atoms with Crippen molar-refractivity contribution in [1.82, 2.24) is 14.5 Å². The SMILES string of the molecule is CC(C)Oc1cccc2c1[nH]c(=S)n2CCCN(C)C. The number of fused-ring (bicyclic) bond motifs is 1. The van der Waals surface area contributed by atoms with Crippen LogP contribution in [-0.2, 0) is 6.54 Å². The van der Waals surface area contributed by atoms with E-state index in [2.05, 4.69) is 34.6 Å². The van der Waals surface area contributed by atoms with Crippen LogP contribution in [0.3, 0.4) is 0 Å². The zero-order valence-electron chi connectivity index (χ0n) is 12.6. The minimum Gasteiger partial charge on any atom is -0.489 e. The molecule has 1 aromatic heterocycles. The van der Waals surface area contributed by atoms with E-state index < -0.39 is 0 Å². The molecule has 0 aliphatic rings.